The summed E-state index contributed by atoms with van der Waals surface area (Å²) in [7, 11) is -3.69. The molecule has 0 aliphatic heterocycles. The van der Waals surface area contributed by atoms with Gasteiger partial charge in [0.15, 0.2) is 0 Å². The molecule has 1 aliphatic carbocycles. The van der Waals surface area contributed by atoms with E-state index in [-0.39, 0.29) is 4.90 Å². The van der Waals surface area contributed by atoms with Crippen molar-refractivity contribution in [3.8, 4) is 0 Å². The van der Waals surface area contributed by atoms with E-state index in [9.17, 15) is 8.42 Å². The van der Waals surface area contributed by atoms with Crippen LogP contribution < -0.4 is 10.5 Å². The molecule has 6 nitrogen and oxygen atoms in total. The second kappa shape index (κ2) is 6.05. The van der Waals surface area contributed by atoms with Gasteiger partial charge >= 0.3 is 0 Å². The van der Waals surface area contributed by atoms with Gasteiger partial charge in [0.05, 0.1) is 10.3 Å². The molecular formula is C17H18N4O2S2. The zero-order chi connectivity index (χ0) is 17.6. The number of nitrogens with zero attached hydrogens (tertiary/aromatic N) is 2. The van der Waals surface area contributed by atoms with Crippen LogP contribution in [0.5, 0.6) is 0 Å². The Morgan fingerprint density at radius 1 is 1.24 bits per heavy atom. The van der Waals surface area contributed by atoms with Crippen molar-refractivity contribution < 1.29 is 8.42 Å². The Labute approximate surface area is 150 Å². The zero-order valence-electron chi connectivity index (χ0n) is 13.7. The number of hydrogen-bond donors (Lipinski definition) is 2. The summed E-state index contributed by atoms with van der Waals surface area (Å²) in [6.45, 7) is 2.28. The van der Waals surface area contributed by atoms with Gasteiger partial charge in [-0.15, -0.1) is 11.3 Å². The van der Waals surface area contributed by atoms with Gasteiger partial charge in [-0.25, -0.2) is 23.5 Å². The molecule has 0 bridgehead atoms. The van der Waals surface area contributed by atoms with Gasteiger partial charge < -0.3 is 5.32 Å². The molecule has 2 heterocycles. The van der Waals surface area contributed by atoms with Gasteiger partial charge in [-0.1, -0.05) is 6.92 Å². The molecule has 0 saturated carbocycles. The van der Waals surface area contributed by atoms with Gasteiger partial charge in [0.1, 0.15) is 17.0 Å². The molecule has 3 aromatic rings. The van der Waals surface area contributed by atoms with E-state index in [1.807, 2.05) is 0 Å². The van der Waals surface area contributed by atoms with E-state index >= 15 is 0 Å². The predicted octanol–water partition coefficient (Wildman–Crippen LogP) is 3.21. The SMILES string of the molecule is CC1CCc2c(sc3ncnc(Nc4ccc(S(N)(=O)=O)cc4)c23)C1. The first kappa shape index (κ1) is 16.4. The van der Waals surface area contributed by atoms with Crippen molar-refractivity contribution in [2.45, 2.75) is 31.1 Å². The monoisotopic (exact) mass is 374 g/mol. The molecule has 1 unspecified atom stereocenters. The molecule has 0 fully saturated rings. The lowest BCUT2D eigenvalue weighted by Gasteiger charge is -2.18. The number of nitrogens with one attached hydrogen (secondary N) is 1. The number of thiophene rings is 1. The summed E-state index contributed by atoms with van der Waals surface area (Å²) in [6, 6.07) is 6.35. The first-order valence-corrected chi connectivity index (χ1v) is 10.4. The summed E-state index contributed by atoms with van der Waals surface area (Å²) in [4.78, 5) is 11.3. The Bertz CT molecular complexity index is 1040. The fourth-order valence-electron chi connectivity index (χ4n) is 3.23. The van der Waals surface area contributed by atoms with Gasteiger partial charge in [-0.2, -0.15) is 0 Å². The molecular weight excluding hydrogens is 356 g/mol. The Hall–Kier alpha value is -2.03. The van der Waals surface area contributed by atoms with E-state index < -0.39 is 10.0 Å². The molecule has 0 saturated heterocycles. The lowest BCUT2D eigenvalue weighted by atomic mass is 9.89. The molecule has 1 atom stereocenters. The van der Waals surface area contributed by atoms with Crippen LogP contribution in [-0.4, -0.2) is 18.4 Å². The highest BCUT2D eigenvalue weighted by molar-refractivity contribution is 7.89. The van der Waals surface area contributed by atoms with Crippen LogP contribution in [0.3, 0.4) is 0 Å². The number of anilines is 2. The van der Waals surface area contributed by atoms with Crippen molar-refractivity contribution in [2.75, 3.05) is 5.32 Å². The van der Waals surface area contributed by atoms with Gasteiger partial charge in [-0.05, 0) is 55.0 Å². The summed E-state index contributed by atoms with van der Waals surface area (Å²) in [5, 5.41) is 9.52. The lowest BCUT2D eigenvalue weighted by Crippen LogP contribution is -2.11. The fourth-order valence-corrected chi connectivity index (χ4v) is 5.10. The number of rotatable bonds is 3. The minimum Gasteiger partial charge on any atom is -0.340 e. The number of primary sulfonamides is 1. The third-order valence-electron chi connectivity index (χ3n) is 4.54. The van der Waals surface area contributed by atoms with Crippen LogP contribution in [0.2, 0.25) is 0 Å². The van der Waals surface area contributed by atoms with Crippen molar-refractivity contribution in [1.82, 2.24) is 9.97 Å². The fraction of sp³-hybridized carbons (Fsp3) is 0.294. The van der Waals surface area contributed by atoms with E-state index in [4.69, 9.17) is 5.14 Å². The van der Waals surface area contributed by atoms with Crippen molar-refractivity contribution in [3.63, 3.8) is 0 Å². The average Bonchev–Trinajstić information content (AvgIpc) is 2.93. The van der Waals surface area contributed by atoms with Crippen LogP contribution in [0.1, 0.15) is 23.8 Å². The van der Waals surface area contributed by atoms with E-state index in [0.29, 0.717) is 5.92 Å². The molecule has 8 heteroatoms. The van der Waals surface area contributed by atoms with Gasteiger partial charge in [0.25, 0.3) is 0 Å². The predicted molar refractivity (Wildman–Crippen MR) is 99.7 cm³/mol. The molecule has 0 radical (unpaired) electrons. The molecule has 2 aromatic heterocycles. The van der Waals surface area contributed by atoms with E-state index in [1.54, 1.807) is 29.8 Å². The molecule has 0 spiro atoms. The number of fused-ring (bicyclic) bond motifs is 3. The van der Waals surface area contributed by atoms with Gasteiger partial charge in [0.2, 0.25) is 10.0 Å². The quantitative estimate of drug-likeness (QED) is 0.733. The normalized spacial score (nSPS) is 17.4. The standard InChI is InChI=1S/C17H18N4O2S2/c1-10-2-7-13-14(8-10)24-17-15(13)16(19-9-20-17)21-11-3-5-12(6-4-11)25(18,22)23/h3-6,9-10H,2,7-8H2,1H3,(H2,18,22,23)(H,19,20,21). The minimum atomic E-state index is -3.69. The number of hydrogen-bond acceptors (Lipinski definition) is 6. The highest BCUT2D eigenvalue weighted by Crippen LogP contribution is 2.40. The first-order chi connectivity index (χ1) is 11.9. The molecule has 0 amide bonds. The maximum atomic E-state index is 11.4. The van der Waals surface area contributed by atoms with Crippen molar-refractivity contribution in [1.29, 1.82) is 0 Å². The summed E-state index contributed by atoms with van der Waals surface area (Å²) in [5.74, 6) is 1.47. The second-order valence-electron chi connectivity index (χ2n) is 6.45. The van der Waals surface area contributed by atoms with Gasteiger partial charge in [-0.3, -0.25) is 0 Å². The Morgan fingerprint density at radius 3 is 2.72 bits per heavy atom. The summed E-state index contributed by atoms with van der Waals surface area (Å²) >= 11 is 1.75. The third kappa shape index (κ3) is 3.12. The van der Waals surface area contributed by atoms with Crippen molar-refractivity contribution >= 4 is 43.1 Å². The van der Waals surface area contributed by atoms with Crippen LogP contribution in [0, 0.1) is 5.92 Å². The van der Waals surface area contributed by atoms with Crippen molar-refractivity contribution in [3.05, 3.63) is 41.0 Å². The first-order valence-electron chi connectivity index (χ1n) is 8.07. The maximum Gasteiger partial charge on any atom is 0.238 e. The van der Waals surface area contributed by atoms with Crippen LogP contribution >= 0.6 is 11.3 Å². The second-order valence-corrected chi connectivity index (χ2v) is 9.09. The van der Waals surface area contributed by atoms with Gasteiger partial charge in [0, 0.05) is 10.6 Å². The van der Waals surface area contributed by atoms with Crippen LogP contribution in [-0.2, 0) is 22.9 Å². The van der Waals surface area contributed by atoms with Crippen LogP contribution in [0.15, 0.2) is 35.5 Å². The molecule has 1 aliphatic rings. The smallest absolute Gasteiger partial charge is 0.238 e. The number of aromatic nitrogens is 2. The lowest BCUT2D eigenvalue weighted by molar-refractivity contribution is 0.509. The molecule has 4 rings (SSSR count). The highest BCUT2D eigenvalue weighted by Gasteiger charge is 2.23. The summed E-state index contributed by atoms with van der Waals surface area (Å²) in [5.41, 5.74) is 2.11. The maximum absolute atomic E-state index is 11.4. The Balaban J connectivity index is 1.72. The van der Waals surface area contributed by atoms with E-state index in [2.05, 4.69) is 22.2 Å². The highest BCUT2D eigenvalue weighted by atomic mass is 32.2. The number of nitrogens with two attached hydrogens (primary N) is 1. The summed E-state index contributed by atoms with van der Waals surface area (Å²) < 4.78 is 22.7. The molecule has 25 heavy (non-hydrogen) atoms. The Morgan fingerprint density at radius 2 is 2.00 bits per heavy atom. The number of benzene rings is 1. The minimum absolute atomic E-state index is 0.0905. The molecule has 130 valence electrons. The third-order valence-corrected chi connectivity index (χ3v) is 6.63. The Kier molecular flexibility index (Phi) is 3.98. The molecule has 1 aromatic carbocycles. The largest absolute Gasteiger partial charge is 0.340 e. The van der Waals surface area contributed by atoms with Crippen LogP contribution in [0.4, 0.5) is 11.5 Å². The van der Waals surface area contributed by atoms with E-state index in [0.717, 1.165) is 34.6 Å². The number of aryl methyl sites for hydroxylation is 1. The van der Waals surface area contributed by atoms with E-state index in [1.165, 1.54) is 29.0 Å². The molecule has 3 N–H and O–H groups in total. The topological polar surface area (TPSA) is 98.0 Å². The number of sulfonamides is 1. The zero-order valence-corrected chi connectivity index (χ0v) is 15.3. The van der Waals surface area contributed by atoms with Crippen molar-refractivity contribution in [2.24, 2.45) is 11.1 Å². The summed E-state index contributed by atoms with van der Waals surface area (Å²) in [6.07, 6.45) is 4.88. The average molecular weight is 374 g/mol. The van der Waals surface area contributed by atoms with Crippen LogP contribution in [0.25, 0.3) is 10.2 Å².